The van der Waals surface area contributed by atoms with Crippen LogP contribution in [0.2, 0.25) is 0 Å². The second-order valence-electron chi connectivity index (χ2n) is 4.66. The van der Waals surface area contributed by atoms with E-state index in [4.69, 9.17) is 33.0 Å². The molecule has 1 saturated heterocycles. The molecule has 4 N–H and O–H groups in total. The minimum absolute atomic E-state index is 0.207. The molecule has 0 bridgehead atoms. The minimum atomic E-state index is -3.77. The standard InChI is InChI=1S/C11H13Cl2N2O6P/c12-22(13,19)20-5-7-8(16)9(17)11(21-7)15-3-1-2-6(4-15)10(14)18/h1-4,7-9,11,16-17H,5H2,(H-,14,18)/p+1/t7-,8-,9-,11-/m1/s1. The molecule has 8 nitrogen and oxygen atoms in total. The largest absolute Gasteiger partial charge is 0.387 e. The zero-order chi connectivity index (χ0) is 16.5. The van der Waals surface area contributed by atoms with Crippen LogP contribution in [0, 0.1) is 0 Å². The van der Waals surface area contributed by atoms with Crippen LogP contribution in [-0.2, 0) is 13.8 Å². The van der Waals surface area contributed by atoms with Crippen molar-refractivity contribution in [1.82, 2.24) is 0 Å². The molecular weight excluding hydrogens is 358 g/mol. The molecule has 1 aromatic heterocycles. The Bertz CT molecular complexity index is 612. The van der Waals surface area contributed by atoms with E-state index in [9.17, 15) is 19.6 Å². The summed E-state index contributed by atoms with van der Waals surface area (Å²) in [6.07, 6.45) is -5.44. The summed E-state index contributed by atoms with van der Waals surface area (Å²) in [6.45, 7) is -0.366. The van der Waals surface area contributed by atoms with Gasteiger partial charge in [-0.2, -0.15) is 4.57 Å². The Morgan fingerprint density at radius 1 is 1.45 bits per heavy atom. The average Bonchev–Trinajstić information content (AvgIpc) is 2.72. The van der Waals surface area contributed by atoms with Gasteiger partial charge >= 0.3 is 6.07 Å². The molecule has 0 aromatic carbocycles. The number of ether oxygens (including phenoxy) is 1. The third kappa shape index (κ3) is 4.17. The summed E-state index contributed by atoms with van der Waals surface area (Å²) in [5, 5.41) is 20.0. The third-order valence-corrected chi connectivity index (χ3v) is 4.16. The maximum atomic E-state index is 11.2. The number of primary amides is 1. The van der Waals surface area contributed by atoms with Crippen LogP contribution in [-0.4, -0.2) is 41.0 Å². The van der Waals surface area contributed by atoms with Crippen LogP contribution in [0.25, 0.3) is 0 Å². The molecular formula is C11H14Cl2N2O6P+. The fourth-order valence-electron chi connectivity index (χ4n) is 2.07. The highest BCUT2D eigenvalue weighted by Gasteiger charge is 2.48. The van der Waals surface area contributed by atoms with E-state index in [-0.39, 0.29) is 12.2 Å². The lowest BCUT2D eigenvalue weighted by molar-refractivity contribution is -0.765. The van der Waals surface area contributed by atoms with E-state index in [1.807, 2.05) is 0 Å². The highest BCUT2D eigenvalue weighted by atomic mass is 35.9. The number of carbonyl (C=O) groups excluding carboxylic acids is 1. The summed E-state index contributed by atoms with van der Waals surface area (Å²) >= 11 is 10.5. The normalized spacial score (nSPS) is 28.7. The minimum Gasteiger partial charge on any atom is -0.387 e. The Morgan fingerprint density at radius 2 is 2.14 bits per heavy atom. The van der Waals surface area contributed by atoms with Gasteiger partial charge in [0.15, 0.2) is 18.5 Å². The number of amides is 1. The Morgan fingerprint density at radius 3 is 2.73 bits per heavy atom. The lowest BCUT2D eigenvalue weighted by atomic mass is 10.1. The van der Waals surface area contributed by atoms with E-state index >= 15 is 0 Å². The maximum Gasteiger partial charge on any atom is 0.380 e. The highest BCUT2D eigenvalue weighted by molar-refractivity contribution is 8.05. The van der Waals surface area contributed by atoms with Crippen molar-refractivity contribution in [2.75, 3.05) is 6.61 Å². The van der Waals surface area contributed by atoms with Gasteiger partial charge in [-0.15, -0.1) is 0 Å². The van der Waals surface area contributed by atoms with Gasteiger partial charge in [-0.3, -0.25) is 9.36 Å². The van der Waals surface area contributed by atoms with E-state index in [0.717, 1.165) is 0 Å². The second kappa shape index (κ2) is 6.80. The Labute approximate surface area is 135 Å². The van der Waals surface area contributed by atoms with Gasteiger partial charge in [-0.05, 0) is 28.5 Å². The first-order chi connectivity index (χ1) is 10.2. The number of hydrogen-bond donors (Lipinski definition) is 3. The highest BCUT2D eigenvalue weighted by Crippen LogP contribution is 2.57. The number of hydrogen-bond acceptors (Lipinski definition) is 6. The summed E-state index contributed by atoms with van der Waals surface area (Å²) in [5.41, 5.74) is 5.39. The molecule has 22 heavy (non-hydrogen) atoms. The first-order valence-electron chi connectivity index (χ1n) is 6.15. The maximum absolute atomic E-state index is 11.2. The average molecular weight is 372 g/mol. The smallest absolute Gasteiger partial charge is 0.380 e. The van der Waals surface area contributed by atoms with E-state index in [1.165, 1.54) is 29.1 Å². The molecule has 1 aromatic rings. The molecule has 1 aliphatic rings. The quantitative estimate of drug-likeness (QED) is 0.505. The van der Waals surface area contributed by atoms with Gasteiger partial charge in [0.05, 0.1) is 6.61 Å². The molecule has 2 heterocycles. The zero-order valence-electron chi connectivity index (χ0n) is 11.1. The van der Waals surface area contributed by atoms with E-state index in [1.54, 1.807) is 0 Å². The van der Waals surface area contributed by atoms with Gasteiger partial charge in [0.2, 0.25) is 0 Å². The number of pyridine rings is 1. The number of rotatable bonds is 5. The van der Waals surface area contributed by atoms with Crippen LogP contribution < -0.4 is 10.3 Å². The molecule has 1 aliphatic heterocycles. The fraction of sp³-hybridized carbons (Fsp3) is 0.455. The number of nitrogens with zero attached hydrogens (tertiary/aromatic N) is 1. The van der Waals surface area contributed by atoms with Crippen molar-refractivity contribution in [3.63, 3.8) is 0 Å². The molecule has 0 radical (unpaired) electrons. The molecule has 0 aliphatic carbocycles. The zero-order valence-corrected chi connectivity index (χ0v) is 13.5. The van der Waals surface area contributed by atoms with Crippen LogP contribution in [0.5, 0.6) is 0 Å². The van der Waals surface area contributed by atoms with Crippen molar-refractivity contribution in [3.05, 3.63) is 30.1 Å². The van der Waals surface area contributed by atoms with Crippen molar-refractivity contribution in [2.24, 2.45) is 5.73 Å². The van der Waals surface area contributed by atoms with Crippen LogP contribution in [0.15, 0.2) is 24.5 Å². The summed E-state index contributed by atoms with van der Waals surface area (Å²) in [5.74, 6) is -0.646. The molecule has 0 spiro atoms. The van der Waals surface area contributed by atoms with Crippen molar-refractivity contribution in [3.8, 4) is 0 Å². The van der Waals surface area contributed by atoms with E-state index in [0.29, 0.717) is 0 Å². The van der Waals surface area contributed by atoms with E-state index in [2.05, 4.69) is 4.52 Å². The molecule has 0 unspecified atom stereocenters. The SMILES string of the molecule is NC(=O)c1ccc[n+]([C@@H]2O[C@H](COP(=O)(Cl)Cl)[C@@H](O)[C@H]2O)c1. The Balaban J connectivity index is 2.14. The monoisotopic (exact) mass is 371 g/mol. The van der Waals surface area contributed by atoms with Crippen molar-refractivity contribution in [1.29, 1.82) is 0 Å². The topological polar surface area (TPSA) is 123 Å². The van der Waals surface area contributed by atoms with Gasteiger partial charge in [0, 0.05) is 6.07 Å². The lowest BCUT2D eigenvalue weighted by Crippen LogP contribution is -2.46. The molecule has 2 rings (SSSR count). The number of aliphatic hydroxyl groups excluding tert-OH is 2. The van der Waals surface area contributed by atoms with Crippen LogP contribution in [0.1, 0.15) is 16.6 Å². The first-order valence-corrected chi connectivity index (χ1v) is 9.58. The molecule has 1 fully saturated rings. The van der Waals surface area contributed by atoms with Gasteiger partial charge in [0.25, 0.3) is 12.1 Å². The summed E-state index contributed by atoms with van der Waals surface area (Å²) in [6, 6.07) is 3.03. The van der Waals surface area contributed by atoms with Gasteiger partial charge in [-0.25, -0.2) is 0 Å². The molecule has 4 atom stereocenters. The fourth-order valence-corrected chi connectivity index (χ4v) is 2.73. The predicted molar refractivity (Wildman–Crippen MR) is 76.3 cm³/mol. The Kier molecular flexibility index (Phi) is 5.45. The summed E-state index contributed by atoms with van der Waals surface area (Å²) in [4.78, 5) is 11.2. The number of carbonyl (C=O) groups is 1. The van der Waals surface area contributed by atoms with Crippen molar-refractivity contribution < 1.29 is 33.4 Å². The molecule has 122 valence electrons. The summed E-state index contributed by atoms with van der Waals surface area (Å²) in [7, 11) is 0. The van der Waals surface area contributed by atoms with Crippen molar-refractivity contribution >= 4 is 34.5 Å². The van der Waals surface area contributed by atoms with Crippen molar-refractivity contribution in [2.45, 2.75) is 24.5 Å². The van der Waals surface area contributed by atoms with Gasteiger partial charge < -0.3 is 25.2 Å². The summed E-state index contributed by atoms with van der Waals surface area (Å²) < 4.78 is 22.6. The Hall–Kier alpha value is -0.730. The number of aliphatic hydroxyl groups is 2. The molecule has 1 amide bonds. The van der Waals surface area contributed by atoms with Gasteiger partial charge in [0.1, 0.15) is 17.8 Å². The lowest BCUT2D eigenvalue weighted by Gasteiger charge is -2.13. The number of aromatic nitrogens is 1. The number of halogens is 2. The van der Waals surface area contributed by atoms with Crippen LogP contribution in [0.4, 0.5) is 0 Å². The molecule has 0 saturated carbocycles. The number of nitrogens with two attached hydrogens (primary N) is 1. The van der Waals surface area contributed by atoms with E-state index < -0.39 is 36.5 Å². The van der Waals surface area contributed by atoms with Crippen LogP contribution in [0.3, 0.4) is 0 Å². The molecule has 11 heteroatoms. The first kappa shape index (κ1) is 17.6. The predicted octanol–water partition coefficient (Wildman–Crippen LogP) is 0.295. The second-order valence-corrected chi connectivity index (χ2v) is 8.94. The third-order valence-electron chi connectivity index (χ3n) is 3.13. The van der Waals surface area contributed by atoms with Gasteiger partial charge in [-0.1, -0.05) is 0 Å². The van der Waals surface area contributed by atoms with Crippen LogP contribution >= 0.6 is 28.6 Å².